The molecule has 0 spiro atoms. The van der Waals surface area contributed by atoms with Gasteiger partial charge >= 0.3 is 0 Å². The molecule has 0 saturated carbocycles. The molecule has 3 rings (SSSR count). The third kappa shape index (κ3) is 6.92. The SMILES string of the molecule is CCCCCN1CCC(C(=O)Nc2ccc(Cl)cc2C(=O)Nc2ccc(Cl)cn2)CC1. The topological polar surface area (TPSA) is 74.3 Å². The van der Waals surface area contributed by atoms with Crippen molar-refractivity contribution in [1.29, 1.82) is 0 Å². The van der Waals surface area contributed by atoms with E-state index in [0.29, 0.717) is 21.6 Å². The van der Waals surface area contributed by atoms with Crippen LogP contribution in [-0.4, -0.2) is 41.3 Å². The van der Waals surface area contributed by atoms with Crippen LogP contribution in [0, 0.1) is 5.92 Å². The molecule has 1 aromatic heterocycles. The summed E-state index contributed by atoms with van der Waals surface area (Å²) in [5.41, 5.74) is 0.723. The number of nitrogens with one attached hydrogen (secondary N) is 2. The number of benzene rings is 1. The molecule has 1 aliphatic heterocycles. The number of likely N-dealkylation sites (tertiary alicyclic amines) is 1. The molecule has 0 unspecified atom stereocenters. The summed E-state index contributed by atoms with van der Waals surface area (Å²) < 4.78 is 0. The second kappa shape index (κ2) is 11.5. The summed E-state index contributed by atoms with van der Waals surface area (Å²) in [5, 5.41) is 6.53. The van der Waals surface area contributed by atoms with Crippen LogP contribution in [0.1, 0.15) is 49.4 Å². The van der Waals surface area contributed by atoms with Gasteiger partial charge in [0.05, 0.1) is 16.3 Å². The van der Waals surface area contributed by atoms with Gasteiger partial charge in [-0.3, -0.25) is 9.59 Å². The third-order valence-corrected chi connectivity index (χ3v) is 5.95. The highest BCUT2D eigenvalue weighted by molar-refractivity contribution is 6.31. The van der Waals surface area contributed by atoms with Crippen molar-refractivity contribution >= 4 is 46.5 Å². The van der Waals surface area contributed by atoms with E-state index in [0.717, 1.165) is 32.5 Å². The maximum Gasteiger partial charge on any atom is 0.258 e. The Morgan fingerprint density at radius 2 is 1.81 bits per heavy atom. The molecule has 1 aromatic carbocycles. The highest BCUT2D eigenvalue weighted by Gasteiger charge is 2.26. The molecule has 0 atom stereocenters. The summed E-state index contributed by atoms with van der Waals surface area (Å²) in [6.45, 7) is 5.16. The van der Waals surface area contributed by atoms with E-state index >= 15 is 0 Å². The van der Waals surface area contributed by atoms with Gasteiger partial charge in [-0.1, -0.05) is 43.0 Å². The summed E-state index contributed by atoms with van der Waals surface area (Å²) in [6.07, 6.45) is 6.76. The fourth-order valence-electron chi connectivity index (χ4n) is 3.69. The van der Waals surface area contributed by atoms with Crippen LogP contribution in [0.5, 0.6) is 0 Å². The lowest BCUT2D eigenvalue weighted by Crippen LogP contribution is -2.38. The van der Waals surface area contributed by atoms with E-state index in [1.54, 1.807) is 30.3 Å². The number of unbranched alkanes of at least 4 members (excludes halogenated alkanes) is 2. The van der Waals surface area contributed by atoms with Crippen molar-refractivity contribution in [3.8, 4) is 0 Å². The molecule has 0 bridgehead atoms. The molecule has 166 valence electrons. The lowest BCUT2D eigenvalue weighted by atomic mass is 9.95. The zero-order chi connectivity index (χ0) is 22.2. The Hall–Kier alpha value is -2.15. The van der Waals surface area contributed by atoms with Gasteiger partial charge in [0, 0.05) is 17.1 Å². The number of hydrogen-bond acceptors (Lipinski definition) is 4. The lowest BCUT2D eigenvalue weighted by molar-refractivity contribution is -0.121. The number of anilines is 2. The minimum Gasteiger partial charge on any atom is -0.325 e. The van der Waals surface area contributed by atoms with Crippen LogP contribution in [0.4, 0.5) is 11.5 Å². The quantitative estimate of drug-likeness (QED) is 0.509. The normalized spacial score (nSPS) is 14.9. The van der Waals surface area contributed by atoms with Gasteiger partial charge in [-0.2, -0.15) is 0 Å². The Morgan fingerprint density at radius 3 is 2.48 bits per heavy atom. The molecule has 6 nitrogen and oxygen atoms in total. The van der Waals surface area contributed by atoms with Gasteiger partial charge < -0.3 is 15.5 Å². The number of amides is 2. The molecular formula is C23H28Cl2N4O2. The summed E-state index contributed by atoms with van der Waals surface area (Å²) >= 11 is 11.9. The Kier molecular flexibility index (Phi) is 8.69. The zero-order valence-corrected chi connectivity index (χ0v) is 19.2. The number of piperidine rings is 1. The van der Waals surface area contributed by atoms with Crippen molar-refractivity contribution in [2.24, 2.45) is 5.92 Å². The maximum atomic E-state index is 12.9. The molecule has 2 aromatic rings. The molecule has 1 aliphatic rings. The van der Waals surface area contributed by atoms with Crippen molar-refractivity contribution in [2.75, 3.05) is 30.3 Å². The van der Waals surface area contributed by atoms with Gasteiger partial charge in [0.1, 0.15) is 5.82 Å². The average molecular weight is 463 g/mol. The van der Waals surface area contributed by atoms with Crippen molar-refractivity contribution < 1.29 is 9.59 Å². The van der Waals surface area contributed by atoms with E-state index in [1.165, 1.54) is 25.5 Å². The Bertz CT molecular complexity index is 897. The second-order valence-corrected chi connectivity index (χ2v) is 8.69. The number of carbonyl (C=O) groups is 2. The number of halogens is 2. The van der Waals surface area contributed by atoms with Gasteiger partial charge in [0.15, 0.2) is 0 Å². The summed E-state index contributed by atoms with van der Waals surface area (Å²) in [7, 11) is 0. The summed E-state index contributed by atoms with van der Waals surface area (Å²) in [6, 6.07) is 8.10. The minimum atomic E-state index is -0.404. The first-order valence-corrected chi connectivity index (χ1v) is 11.5. The van der Waals surface area contributed by atoms with Gasteiger partial charge in [-0.15, -0.1) is 0 Å². The van der Waals surface area contributed by atoms with Crippen LogP contribution in [0.15, 0.2) is 36.5 Å². The predicted molar refractivity (Wildman–Crippen MR) is 126 cm³/mol. The predicted octanol–water partition coefficient (Wildman–Crippen LogP) is 5.48. The highest BCUT2D eigenvalue weighted by atomic mass is 35.5. The van der Waals surface area contributed by atoms with E-state index in [2.05, 4.69) is 27.4 Å². The molecular weight excluding hydrogens is 435 g/mol. The number of pyridine rings is 1. The van der Waals surface area contributed by atoms with Crippen molar-refractivity contribution in [2.45, 2.75) is 39.0 Å². The molecule has 2 amide bonds. The molecule has 0 radical (unpaired) electrons. The monoisotopic (exact) mass is 462 g/mol. The Morgan fingerprint density at radius 1 is 1.06 bits per heavy atom. The second-order valence-electron chi connectivity index (χ2n) is 7.82. The molecule has 0 aliphatic carbocycles. The Balaban J connectivity index is 1.62. The van der Waals surface area contributed by atoms with Gasteiger partial charge in [-0.05, 0) is 69.2 Å². The smallest absolute Gasteiger partial charge is 0.258 e. The van der Waals surface area contributed by atoms with Crippen LogP contribution in [0.25, 0.3) is 0 Å². The molecule has 2 N–H and O–H groups in total. The first-order chi connectivity index (χ1) is 15.0. The van der Waals surface area contributed by atoms with E-state index in [1.807, 2.05) is 0 Å². The van der Waals surface area contributed by atoms with E-state index < -0.39 is 5.91 Å². The first-order valence-electron chi connectivity index (χ1n) is 10.7. The van der Waals surface area contributed by atoms with E-state index in [9.17, 15) is 9.59 Å². The number of carbonyl (C=O) groups excluding carboxylic acids is 2. The van der Waals surface area contributed by atoms with Gasteiger partial charge in [-0.25, -0.2) is 4.98 Å². The van der Waals surface area contributed by atoms with Crippen LogP contribution >= 0.6 is 23.2 Å². The zero-order valence-electron chi connectivity index (χ0n) is 17.7. The molecule has 31 heavy (non-hydrogen) atoms. The van der Waals surface area contributed by atoms with E-state index in [-0.39, 0.29) is 17.4 Å². The molecule has 1 fully saturated rings. The summed E-state index contributed by atoms with van der Waals surface area (Å²) in [5.74, 6) is -0.165. The van der Waals surface area contributed by atoms with E-state index in [4.69, 9.17) is 23.2 Å². The van der Waals surface area contributed by atoms with Crippen LogP contribution < -0.4 is 10.6 Å². The lowest BCUT2D eigenvalue weighted by Gasteiger charge is -2.31. The number of nitrogens with zero attached hydrogens (tertiary/aromatic N) is 2. The van der Waals surface area contributed by atoms with Crippen LogP contribution in [-0.2, 0) is 4.79 Å². The highest BCUT2D eigenvalue weighted by Crippen LogP contribution is 2.25. The molecule has 8 heteroatoms. The fourth-order valence-corrected chi connectivity index (χ4v) is 3.97. The van der Waals surface area contributed by atoms with Gasteiger partial charge in [0.25, 0.3) is 5.91 Å². The van der Waals surface area contributed by atoms with Crippen LogP contribution in [0.3, 0.4) is 0 Å². The van der Waals surface area contributed by atoms with Crippen molar-refractivity contribution in [3.63, 3.8) is 0 Å². The Labute approximate surface area is 193 Å². The molecule has 1 saturated heterocycles. The number of aromatic nitrogens is 1. The average Bonchev–Trinajstić information content (AvgIpc) is 2.77. The largest absolute Gasteiger partial charge is 0.325 e. The third-order valence-electron chi connectivity index (χ3n) is 5.49. The van der Waals surface area contributed by atoms with Gasteiger partial charge in [0.2, 0.25) is 5.91 Å². The summed E-state index contributed by atoms with van der Waals surface area (Å²) in [4.78, 5) is 32.2. The van der Waals surface area contributed by atoms with Crippen LogP contribution in [0.2, 0.25) is 10.0 Å². The molecule has 2 heterocycles. The number of rotatable bonds is 8. The number of hydrogen-bond donors (Lipinski definition) is 2. The standard InChI is InChI=1S/C23H28Cl2N4O2/c1-2-3-4-11-29-12-9-16(10-13-29)22(30)27-20-7-5-17(24)14-19(20)23(31)28-21-8-6-18(25)15-26-21/h5-8,14-16H,2-4,9-13H2,1H3,(H,27,30)(H,26,28,31). The van der Waals surface area contributed by atoms with Crippen molar-refractivity contribution in [1.82, 2.24) is 9.88 Å². The first kappa shape index (κ1) is 23.5. The minimum absolute atomic E-state index is 0.0609. The van der Waals surface area contributed by atoms with Crippen molar-refractivity contribution in [3.05, 3.63) is 52.1 Å². The fraction of sp³-hybridized carbons (Fsp3) is 0.435. The maximum absolute atomic E-state index is 12.9.